The van der Waals surface area contributed by atoms with E-state index >= 15 is 0 Å². The lowest BCUT2D eigenvalue weighted by atomic mass is 10.2. The van der Waals surface area contributed by atoms with Crippen molar-refractivity contribution in [2.24, 2.45) is 0 Å². The summed E-state index contributed by atoms with van der Waals surface area (Å²) < 4.78 is 5.21. The van der Waals surface area contributed by atoms with Crippen molar-refractivity contribution < 1.29 is 9.53 Å². The Kier molecular flexibility index (Phi) is 6.36. The van der Waals surface area contributed by atoms with E-state index < -0.39 is 0 Å². The maximum Gasteiger partial charge on any atom is 0.317 e. The molecule has 138 valence electrons. The van der Waals surface area contributed by atoms with E-state index in [0.29, 0.717) is 6.54 Å². The van der Waals surface area contributed by atoms with Crippen LogP contribution in [0.4, 0.5) is 4.79 Å². The fourth-order valence-corrected chi connectivity index (χ4v) is 3.29. The second-order valence-corrected chi connectivity index (χ2v) is 6.84. The van der Waals surface area contributed by atoms with Crippen LogP contribution >= 0.6 is 11.6 Å². The lowest BCUT2D eigenvalue weighted by Gasteiger charge is -2.34. The summed E-state index contributed by atoms with van der Waals surface area (Å²) in [6.07, 6.45) is 0. The van der Waals surface area contributed by atoms with Gasteiger partial charge in [-0.3, -0.25) is 4.90 Å². The normalized spacial score (nSPS) is 14.9. The van der Waals surface area contributed by atoms with Crippen LogP contribution in [0.2, 0.25) is 5.02 Å². The summed E-state index contributed by atoms with van der Waals surface area (Å²) in [6, 6.07) is 15.6. The third kappa shape index (κ3) is 5.13. The summed E-state index contributed by atoms with van der Waals surface area (Å²) in [4.78, 5) is 16.6. The standard InChI is InChI=1S/C20H24ClN3O2/c1-26-19-7-3-4-16(13-19)14-22-20(25)24-10-8-23(9-11-24)15-17-5-2-6-18(21)12-17/h2-7,12-13H,8-11,14-15H2,1H3,(H,22,25). The summed E-state index contributed by atoms with van der Waals surface area (Å²) in [5.74, 6) is 0.798. The molecule has 1 aliphatic rings. The average Bonchev–Trinajstić information content (AvgIpc) is 2.67. The number of methoxy groups -OCH3 is 1. The number of hydrogen-bond acceptors (Lipinski definition) is 3. The highest BCUT2D eigenvalue weighted by Crippen LogP contribution is 2.15. The first-order chi connectivity index (χ1) is 12.6. The van der Waals surface area contributed by atoms with Crippen molar-refractivity contribution in [1.29, 1.82) is 0 Å². The van der Waals surface area contributed by atoms with Crippen LogP contribution in [0.15, 0.2) is 48.5 Å². The summed E-state index contributed by atoms with van der Waals surface area (Å²) in [6.45, 7) is 4.53. The van der Waals surface area contributed by atoms with Crippen molar-refractivity contribution in [3.05, 3.63) is 64.7 Å². The Bertz CT molecular complexity index is 745. The highest BCUT2D eigenvalue weighted by atomic mass is 35.5. The Balaban J connectivity index is 1.44. The van der Waals surface area contributed by atoms with Crippen molar-refractivity contribution in [1.82, 2.24) is 15.1 Å². The number of urea groups is 1. The van der Waals surface area contributed by atoms with Crippen molar-refractivity contribution in [2.75, 3.05) is 33.3 Å². The quantitative estimate of drug-likeness (QED) is 0.873. The number of nitrogens with zero attached hydrogens (tertiary/aromatic N) is 2. The summed E-state index contributed by atoms with van der Waals surface area (Å²) in [5, 5.41) is 3.75. The fourth-order valence-electron chi connectivity index (χ4n) is 3.07. The lowest BCUT2D eigenvalue weighted by Crippen LogP contribution is -2.51. The molecule has 0 saturated carbocycles. The second-order valence-electron chi connectivity index (χ2n) is 6.40. The largest absolute Gasteiger partial charge is 0.497 e. The van der Waals surface area contributed by atoms with Gasteiger partial charge in [-0.2, -0.15) is 0 Å². The summed E-state index contributed by atoms with van der Waals surface area (Å²) in [7, 11) is 1.64. The average molecular weight is 374 g/mol. The van der Waals surface area contributed by atoms with Crippen LogP contribution in [0.1, 0.15) is 11.1 Å². The van der Waals surface area contributed by atoms with E-state index in [0.717, 1.165) is 49.1 Å². The molecule has 0 unspecified atom stereocenters. The maximum atomic E-state index is 12.4. The van der Waals surface area contributed by atoms with Crippen molar-refractivity contribution in [3.63, 3.8) is 0 Å². The number of piperazine rings is 1. The Labute approximate surface area is 159 Å². The molecule has 1 aliphatic heterocycles. The first-order valence-corrected chi connectivity index (χ1v) is 9.14. The van der Waals surface area contributed by atoms with Crippen LogP contribution < -0.4 is 10.1 Å². The van der Waals surface area contributed by atoms with E-state index in [-0.39, 0.29) is 6.03 Å². The van der Waals surface area contributed by atoms with Gasteiger partial charge in [0, 0.05) is 44.3 Å². The van der Waals surface area contributed by atoms with E-state index in [1.165, 1.54) is 5.56 Å². The zero-order chi connectivity index (χ0) is 18.4. The Morgan fingerprint density at radius 2 is 1.81 bits per heavy atom. The molecule has 1 N–H and O–H groups in total. The molecule has 26 heavy (non-hydrogen) atoms. The van der Waals surface area contributed by atoms with E-state index in [2.05, 4.69) is 16.3 Å². The number of halogens is 1. The first-order valence-electron chi connectivity index (χ1n) is 8.76. The molecule has 2 aromatic rings. The molecule has 1 fully saturated rings. The van der Waals surface area contributed by atoms with Gasteiger partial charge in [-0.25, -0.2) is 4.79 Å². The van der Waals surface area contributed by atoms with Crippen LogP contribution in [0.3, 0.4) is 0 Å². The molecule has 0 spiro atoms. The van der Waals surface area contributed by atoms with Gasteiger partial charge in [0.05, 0.1) is 7.11 Å². The van der Waals surface area contributed by atoms with Crippen molar-refractivity contribution in [2.45, 2.75) is 13.1 Å². The topological polar surface area (TPSA) is 44.8 Å². The molecule has 2 aromatic carbocycles. The molecule has 3 rings (SSSR count). The molecule has 0 radical (unpaired) electrons. The number of rotatable bonds is 5. The molecular formula is C20H24ClN3O2. The highest BCUT2D eigenvalue weighted by molar-refractivity contribution is 6.30. The van der Waals surface area contributed by atoms with Gasteiger partial charge in [0.25, 0.3) is 0 Å². The van der Waals surface area contributed by atoms with Crippen LogP contribution in [-0.2, 0) is 13.1 Å². The van der Waals surface area contributed by atoms with Gasteiger partial charge in [-0.15, -0.1) is 0 Å². The summed E-state index contributed by atoms with van der Waals surface area (Å²) >= 11 is 6.04. The fraction of sp³-hybridized carbons (Fsp3) is 0.350. The van der Waals surface area contributed by atoms with Gasteiger partial charge >= 0.3 is 6.03 Å². The molecular weight excluding hydrogens is 350 g/mol. The predicted octanol–water partition coefficient (Wildman–Crippen LogP) is 3.38. The molecule has 1 saturated heterocycles. The van der Waals surface area contributed by atoms with Crippen molar-refractivity contribution >= 4 is 17.6 Å². The molecule has 0 aliphatic carbocycles. The van der Waals surface area contributed by atoms with Gasteiger partial charge in [-0.1, -0.05) is 35.9 Å². The molecule has 1 heterocycles. The van der Waals surface area contributed by atoms with E-state index in [1.54, 1.807) is 7.11 Å². The molecule has 0 aromatic heterocycles. The molecule has 0 atom stereocenters. The minimum absolute atomic E-state index is 0.0183. The minimum atomic E-state index is -0.0183. The maximum absolute atomic E-state index is 12.4. The predicted molar refractivity (Wildman–Crippen MR) is 104 cm³/mol. The monoisotopic (exact) mass is 373 g/mol. The number of amides is 2. The van der Waals surface area contributed by atoms with E-state index in [9.17, 15) is 4.79 Å². The number of benzene rings is 2. The Morgan fingerprint density at radius 3 is 2.54 bits per heavy atom. The van der Waals surface area contributed by atoms with Gasteiger partial charge in [-0.05, 0) is 35.4 Å². The van der Waals surface area contributed by atoms with E-state index in [1.807, 2.05) is 47.4 Å². The minimum Gasteiger partial charge on any atom is -0.497 e. The molecule has 2 amide bonds. The van der Waals surface area contributed by atoms with Crippen LogP contribution in [0.25, 0.3) is 0 Å². The lowest BCUT2D eigenvalue weighted by molar-refractivity contribution is 0.135. The molecule has 5 nitrogen and oxygen atoms in total. The third-order valence-electron chi connectivity index (χ3n) is 4.53. The highest BCUT2D eigenvalue weighted by Gasteiger charge is 2.20. The zero-order valence-corrected chi connectivity index (χ0v) is 15.7. The number of hydrogen-bond donors (Lipinski definition) is 1. The van der Waals surface area contributed by atoms with Crippen LogP contribution in [0, 0.1) is 0 Å². The number of nitrogens with one attached hydrogen (secondary N) is 1. The number of carbonyl (C=O) groups is 1. The number of ether oxygens (including phenoxy) is 1. The van der Waals surface area contributed by atoms with E-state index in [4.69, 9.17) is 16.3 Å². The van der Waals surface area contributed by atoms with Gasteiger partial charge < -0.3 is 15.0 Å². The van der Waals surface area contributed by atoms with Crippen LogP contribution in [-0.4, -0.2) is 49.1 Å². The second kappa shape index (κ2) is 8.92. The third-order valence-corrected chi connectivity index (χ3v) is 4.77. The smallest absolute Gasteiger partial charge is 0.317 e. The Hall–Kier alpha value is -2.24. The SMILES string of the molecule is COc1cccc(CNC(=O)N2CCN(Cc3cccc(Cl)c3)CC2)c1. The molecule has 6 heteroatoms. The Morgan fingerprint density at radius 1 is 1.08 bits per heavy atom. The van der Waals surface area contributed by atoms with Gasteiger partial charge in [0.1, 0.15) is 5.75 Å². The first kappa shape index (κ1) is 18.5. The van der Waals surface area contributed by atoms with Crippen molar-refractivity contribution in [3.8, 4) is 5.75 Å². The van der Waals surface area contributed by atoms with Crippen LogP contribution in [0.5, 0.6) is 5.75 Å². The summed E-state index contributed by atoms with van der Waals surface area (Å²) in [5.41, 5.74) is 2.23. The zero-order valence-electron chi connectivity index (χ0n) is 15.0. The molecule has 0 bridgehead atoms. The van der Waals surface area contributed by atoms with Gasteiger partial charge in [0.2, 0.25) is 0 Å². The van der Waals surface area contributed by atoms with Gasteiger partial charge in [0.15, 0.2) is 0 Å². The number of carbonyl (C=O) groups excluding carboxylic acids is 1.